The molecule has 0 saturated heterocycles. The molecule has 0 aliphatic carbocycles. The molecule has 1 aliphatic rings. The molecule has 1 heteroatoms. The first-order valence-electron chi connectivity index (χ1n) is 14.8. The van der Waals surface area contributed by atoms with Crippen LogP contribution in [0.1, 0.15) is 0 Å². The Balaban J connectivity index is 1.22. The average molecular weight is 547 g/mol. The minimum Gasteiger partial charge on any atom is -0.456 e. The fourth-order valence-corrected chi connectivity index (χ4v) is 6.91. The van der Waals surface area contributed by atoms with E-state index in [1.165, 1.54) is 71.3 Å². The smallest absolute Gasteiger partial charge is 0.135 e. The highest BCUT2D eigenvalue weighted by molar-refractivity contribution is 6.18. The predicted molar refractivity (Wildman–Crippen MR) is 181 cm³/mol. The average Bonchev–Trinajstić information content (AvgIpc) is 3.08. The summed E-state index contributed by atoms with van der Waals surface area (Å²) in [7, 11) is 0. The summed E-state index contributed by atoms with van der Waals surface area (Å²) < 4.78 is 6.34. The Morgan fingerprint density at radius 2 is 0.930 bits per heavy atom. The highest BCUT2D eigenvalue weighted by atomic mass is 16.5. The molecular weight excluding hydrogens is 520 g/mol. The van der Waals surface area contributed by atoms with E-state index in [1.807, 2.05) is 12.1 Å². The minimum atomic E-state index is 0.914. The van der Waals surface area contributed by atoms with E-state index >= 15 is 0 Å². The standard InChI is InChI=1S/C42H26O/c1-2-10-27(11-3-1)38-26-30-12-4-5-13-31(30)35-16-8-15-33(41(35)38)29-22-20-28(21-23-29)32-24-25-40-42-36(32)17-9-18-37(42)34-14-6-7-19-39(34)43-40/h1-26H. The molecular formula is C42H26O. The Kier molecular flexibility index (Phi) is 5.27. The Labute approximate surface area is 250 Å². The molecule has 0 spiro atoms. The molecule has 0 saturated carbocycles. The summed E-state index contributed by atoms with van der Waals surface area (Å²) in [4.78, 5) is 0. The molecule has 8 aromatic carbocycles. The Morgan fingerprint density at radius 3 is 1.79 bits per heavy atom. The van der Waals surface area contributed by atoms with Crippen LogP contribution < -0.4 is 4.74 Å². The van der Waals surface area contributed by atoms with Gasteiger partial charge in [-0.3, -0.25) is 0 Å². The van der Waals surface area contributed by atoms with E-state index in [-0.39, 0.29) is 0 Å². The summed E-state index contributed by atoms with van der Waals surface area (Å²) in [6, 6.07) is 56.8. The number of benzene rings is 8. The van der Waals surface area contributed by atoms with Gasteiger partial charge in [0.1, 0.15) is 11.5 Å². The Bertz CT molecular complexity index is 2350. The largest absolute Gasteiger partial charge is 0.456 e. The van der Waals surface area contributed by atoms with Crippen LogP contribution in [0.4, 0.5) is 0 Å². The molecule has 9 rings (SSSR count). The van der Waals surface area contributed by atoms with Gasteiger partial charge in [0, 0.05) is 10.9 Å². The zero-order valence-electron chi connectivity index (χ0n) is 23.4. The van der Waals surface area contributed by atoms with Crippen molar-refractivity contribution in [3.8, 4) is 56.0 Å². The van der Waals surface area contributed by atoms with E-state index < -0.39 is 0 Å². The van der Waals surface area contributed by atoms with Gasteiger partial charge in [-0.25, -0.2) is 0 Å². The third-order valence-electron chi connectivity index (χ3n) is 8.88. The quantitative estimate of drug-likeness (QED) is 0.200. The van der Waals surface area contributed by atoms with Gasteiger partial charge in [-0.15, -0.1) is 0 Å². The van der Waals surface area contributed by atoms with Crippen molar-refractivity contribution in [3.63, 3.8) is 0 Å². The second-order valence-corrected chi connectivity index (χ2v) is 11.3. The van der Waals surface area contributed by atoms with Crippen LogP contribution in [0.2, 0.25) is 0 Å². The van der Waals surface area contributed by atoms with E-state index in [0.717, 1.165) is 17.1 Å². The molecule has 200 valence electrons. The molecule has 0 N–H and O–H groups in total. The first-order valence-corrected chi connectivity index (χ1v) is 14.8. The van der Waals surface area contributed by atoms with Crippen LogP contribution in [0, 0.1) is 0 Å². The second kappa shape index (κ2) is 9.44. The van der Waals surface area contributed by atoms with E-state index in [2.05, 4.69) is 146 Å². The van der Waals surface area contributed by atoms with Crippen LogP contribution in [0.3, 0.4) is 0 Å². The van der Waals surface area contributed by atoms with Gasteiger partial charge < -0.3 is 4.74 Å². The lowest BCUT2D eigenvalue weighted by atomic mass is 9.87. The maximum absolute atomic E-state index is 6.34. The lowest BCUT2D eigenvalue weighted by Gasteiger charge is -2.22. The monoisotopic (exact) mass is 546 g/mol. The van der Waals surface area contributed by atoms with E-state index in [0.29, 0.717) is 0 Å². The number of rotatable bonds is 3. The third-order valence-corrected chi connectivity index (χ3v) is 8.88. The van der Waals surface area contributed by atoms with Gasteiger partial charge in [-0.2, -0.15) is 0 Å². The van der Waals surface area contributed by atoms with Gasteiger partial charge in [0.15, 0.2) is 0 Å². The van der Waals surface area contributed by atoms with E-state index in [4.69, 9.17) is 4.74 Å². The summed E-state index contributed by atoms with van der Waals surface area (Å²) in [5.74, 6) is 1.83. The van der Waals surface area contributed by atoms with Gasteiger partial charge >= 0.3 is 0 Å². The summed E-state index contributed by atoms with van der Waals surface area (Å²) in [5, 5.41) is 7.50. The van der Waals surface area contributed by atoms with Crippen LogP contribution in [-0.2, 0) is 0 Å². The van der Waals surface area contributed by atoms with Crippen molar-refractivity contribution >= 4 is 32.3 Å². The second-order valence-electron chi connectivity index (χ2n) is 11.3. The van der Waals surface area contributed by atoms with Gasteiger partial charge in [-0.1, -0.05) is 140 Å². The van der Waals surface area contributed by atoms with Crippen molar-refractivity contribution in [1.29, 1.82) is 0 Å². The van der Waals surface area contributed by atoms with Crippen LogP contribution in [-0.4, -0.2) is 0 Å². The van der Waals surface area contributed by atoms with E-state index in [1.54, 1.807) is 0 Å². The van der Waals surface area contributed by atoms with Crippen molar-refractivity contribution in [1.82, 2.24) is 0 Å². The maximum atomic E-state index is 6.34. The molecule has 1 nitrogen and oxygen atoms in total. The summed E-state index contributed by atoms with van der Waals surface area (Å²) in [6.45, 7) is 0. The highest BCUT2D eigenvalue weighted by Gasteiger charge is 2.21. The van der Waals surface area contributed by atoms with Crippen LogP contribution >= 0.6 is 0 Å². The molecule has 0 aromatic heterocycles. The predicted octanol–water partition coefficient (Wildman–Crippen LogP) is 11.9. The summed E-state index contributed by atoms with van der Waals surface area (Å²) >= 11 is 0. The van der Waals surface area contributed by atoms with Crippen LogP contribution in [0.15, 0.2) is 158 Å². The molecule has 0 amide bonds. The number of para-hydroxylation sites is 1. The zero-order chi connectivity index (χ0) is 28.3. The molecule has 8 aromatic rings. The van der Waals surface area contributed by atoms with Gasteiger partial charge in [0.2, 0.25) is 0 Å². The topological polar surface area (TPSA) is 9.23 Å². The molecule has 1 aliphatic heterocycles. The molecule has 0 unspecified atom stereocenters. The van der Waals surface area contributed by atoms with E-state index in [9.17, 15) is 0 Å². The number of ether oxygens (including phenoxy) is 1. The van der Waals surface area contributed by atoms with Crippen LogP contribution in [0.25, 0.3) is 76.8 Å². The fraction of sp³-hybridized carbons (Fsp3) is 0. The van der Waals surface area contributed by atoms with Crippen LogP contribution in [0.5, 0.6) is 11.5 Å². The first kappa shape index (κ1) is 24.0. The first-order chi connectivity index (χ1) is 21.3. The molecule has 0 radical (unpaired) electrons. The SMILES string of the molecule is c1ccc(-c2cc3ccccc3c3cccc(-c4ccc(-c5ccc6c7c(cccc57)-c5ccccc5O6)cc4)c23)cc1. The molecule has 0 bridgehead atoms. The molecule has 0 fully saturated rings. The van der Waals surface area contributed by atoms with Crippen molar-refractivity contribution in [2.24, 2.45) is 0 Å². The lowest BCUT2D eigenvalue weighted by molar-refractivity contribution is 0.487. The molecule has 0 atom stereocenters. The van der Waals surface area contributed by atoms with Gasteiger partial charge in [0.25, 0.3) is 0 Å². The highest BCUT2D eigenvalue weighted by Crippen LogP contribution is 2.48. The van der Waals surface area contributed by atoms with Crippen molar-refractivity contribution in [2.75, 3.05) is 0 Å². The minimum absolute atomic E-state index is 0.914. The van der Waals surface area contributed by atoms with Gasteiger partial charge in [-0.05, 0) is 84.1 Å². The number of hydrogen-bond donors (Lipinski definition) is 0. The Morgan fingerprint density at radius 1 is 0.302 bits per heavy atom. The summed E-state index contributed by atoms with van der Waals surface area (Å²) in [5.41, 5.74) is 9.73. The zero-order valence-corrected chi connectivity index (χ0v) is 23.4. The van der Waals surface area contributed by atoms with Crippen molar-refractivity contribution in [2.45, 2.75) is 0 Å². The lowest BCUT2D eigenvalue weighted by Crippen LogP contribution is -1.97. The fourth-order valence-electron chi connectivity index (χ4n) is 6.91. The number of fused-ring (bicyclic) bond motifs is 5. The Hall–Kier alpha value is -5.66. The third kappa shape index (κ3) is 3.72. The molecule has 1 heterocycles. The summed E-state index contributed by atoms with van der Waals surface area (Å²) in [6.07, 6.45) is 0. The number of hydrogen-bond acceptors (Lipinski definition) is 1. The van der Waals surface area contributed by atoms with Gasteiger partial charge in [0.05, 0.1) is 0 Å². The molecule has 43 heavy (non-hydrogen) atoms. The van der Waals surface area contributed by atoms with Crippen molar-refractivity contribution in [3.05, 3.63) is 158 Å². The maximum Gasteiger partial charge on any atom is 0.135 e. The van der Waals surface area contributed by atoms with Crippen molar-refractivity contribution < 1.29 is 4.74 Å². The normalized spacial score (nSPS) is 11.9.